The number of anilines is 2. The van der Waals surface area contributed by atoms with Crippen LogP contribution in [-0.4, -0.2) is 44.2 Å². The molecular weight excluding hydrogens is 425 g/mol. The van der Waals surface area contributed by atoms with Gasteiger partial charge in [-0.15, -0.1) is 0 Å². The van der Waals surface area contributed by atoms with E-state index in [9.17, 15) is 22.4 Å². The predicted molar refractivity (Wildman–Crippen MR) is 112 cm³/mol. The van der Waals surface area contributed by atoms with Crippen LogP contribution in [0.5, 0.6) is 5.75 Å². The monoisotopic (exact) mass is 447 g/mol. The molecule has 0 aliphatic carbocycles. The summed E-state index contributed by atoms with van der Waals surface area (Å²) in [4.78, 5) is 24.2. The van der Waals surface area contributed by atoms with Gasteiger partial charge in [-0.25, -0.2) is 12.8 Å². The van der Waals surface area contributed by atoms with Crippen LogP contribution in [0, 0.1) is 18.7 Å². The highest BCUT2D eigenvalue weighted by Gasteiger charge is 2.35. The third kappa shape index (κ3) is 4.26. The quantitative estimate of drug-likeness (QED) is 0.749. The van der Waals surface area contributed by atoms with Gasteiger partial charge in [0.2, 0.25) is 15.9 Å². The smallest absolute Gasteiger partial charge is 0.262 e. The number of aryl methyl sites for hydroxylation is 1. The van der Waals surface area contributed by atoms with Gasteiger partial charge >= 0.3 is 0 Å². The van der Waals surface area contributed by atoms with Crippen molar-refractivity contribution < 1.29 is 27.1 Å². The summed E-state index contributed by atoms with van der Waals surface area (Å²) in [6.07, 6.45) is 1.01. The van der Waals surface area contributed by atoms with Crippen LogP contribution in [0.2, 0.25) is 0 Å². The van der Waals surface area contributed by atoms with Gasteiger partial charge in [0.25, 0.3) is 5.91 Å². The van der Waals surface area contributed by atoms with Crippen molar-refractivity contribution in [3.8, 4) is 5.75 Å². The van der Waals surface area contributed by atoms with Crippen molar-refractivity contribution in [3.63, 3.8) is 0 Å². The molecule has 1 fully saturated rings. The Labute approximate surface area is 179 Å². The molecule has 0 aromatic heterocycles. The largest absolute Gasteiger partial charge is 0.482 e. The van der Waals surface area contributed by atoms with Gasteiger partial charge in [0.05, 0.1) is 22.2 Å². The third-order valence-electron chi connectivity index (χ3n) is 5.41. The molecule has 0 saturated carbocycles. The van der Waals surface area contributed by atoms with Crippen LogP contribution < -0.4 is 15.4 Å². The van der Waals surface area contributed by atoms with E-state index in [-0.39, 0.29) is 41.9 Å². The number of benzene rings is 2. The number of hydrogen-bond donors (Lipinski definition) is 2. The first kappa shape index (κ1) is 21.3. The molecule has 2 N–H and O–H groups in total. The Hall–Kier alpha value is -2.98. The molecule has 164 valence electrons. The second-order valence-electron chi connectivity index (χ2n) is 7.62. The van der Waals surface area contributed by atoms with Gasteiger partial charge in [-0.2, -0.15) is 4.31 Å². The van der Waals surface area contributed by atoms with Crippen LogP contribution in [0.1, 0.15) is 18.4 Å². The molecule has 10 heteroatoms. The number of amides is 2. The normalized spacial score (nSPS) is 19.2. The van der Waals surface area contributed by atoms with Crippen LogP contribution in [0.25, 0.3) is 0 Å². The number of ether oxygens (including phenoxy) is 1. The number of hydrogen-bond acceptors (Lipinski definition) is 5. The van der Waals surface area contributed by atoms with Crippen LogP contribution in [0.3, 0.4) is 0 Å². The fourth-order valence-electron chi connectivity index (χ4n) is 3.81. The van der Waals surface area contributed by atoms with Crippen LogP contribution >= 0.6 is 0 Å². The summed E-state index contributed by atoms with van der Waals surface area (Å²) in [5, 5.41) is 5.21. The molecule has 0 spiro atoms. The molecule has 2 aromatic carbocycles. The maximum atomic E-state index is 13.9. The lowest BCUT2D eigenvalue weighted by atomic mass is 9.98. The second kappa shape index (κ2) is 8.27. The van der Waals surface area contributed by atoms with Crippen molar-refractivity contribution in [2.24, 2.45) is 5.92 Å². The Kier molecular flexibility index (Phi) is 5.67. The predicted octanol–water partition coefficient (Wildman–Crippen LogP) is 2.50. The summed E-state index contributed by atoms with van der Waals surface area (Å²) in [6, 6.07) is 8.81. The second-order valence-corrected chi connectivity index (χ2v) is 9.53. The zero-order valence-corrected chi connectivity index (χ0v) is 17.7. The summed E-state index contributed by atoms with van der Waals surface area (Å²) < 4.78 is 47.1. The van der Waals surface area contributed by atoms with Crippen LogP contribution in [0.15, 0.2) is 41.3 Å². The van der Waals surface area contributed by atoms with Gasteiger partial charge in [0, 0.05) is 19.2 Å². The Morgan fingerprint density at radius 1 is 1.29 bits per heavy atom. The van der Waals surface area contributed by atoms with E-state index >= 15 is 0 Å². The first-order chi connectivity index (χ1) is 14.8. The number of carbonyl (C=O) groups excluding carboxylic acids is 2. The number of carbonyl (C=O) groups is 2. The van der Waals surface area contributed by atoms with E-state index in [4.69, 9.17) is 4.74 Å². The molecule has 2 aliphatic rings. The average molecular weight is 447 g/mol. The maximum absolute atomic E-state index is 13.9. The zero-order chi connectivity index (χ0) is 22.2. The van der Waals surface area contributed by atoms with Crippen molar-refractivity contribution in [2.45, 2.75) is 24.7 Å². The fourth-order valence-corrected chi connectivity index (χ4v) is 5.55. The highest BCUT2D eigenvalue weighted by Crippen LogP contribution is 2.35. The van der Waals surface area contributed by atoms with Crippen molar-refractivity contribution >= 4 is 33.2 Å². The Morgan fingerprint density at radius 2 is 2.06 bits per heavy atom. The molecule has 2 amide bonds. The van der Waals surface area contributed by atoms with E-state index in [2.05, 4.69) is 10.6 Å². The van der Waals surface area contributed by atoms with Gasteiger partial charge in [0.15, 0.2) is 6.61 Å². The summed E-state index contributed by atoms with van der Waals surface area (Å²) in [5.41, 5.74) is 0.952. The fraction of sp³-hybridized carbons (Fsp3) is 0.333. The molecular formula is C21H22FN3O5S. The molecule has 0 unspecified atom stereocenters. The summed E-state index contributed by atoms with van der Waals surface area (Å²) in [6.45, 7) is 1.73. The molecule has 8 nitrogen and oxygen atoms in total. The standard InChI is InChI=1S/C21H22FN3O5S/c1-13-9-17-18(30-12-20(26)23-17)10-19(13)31(28,29)25-8-4-5-14(11-25)21(27)24-16-7-3-2-6-15(16)22/h2-3,6-7,9-10,14H,4-5,8,11-12H2,1H3,(H,23,26)(H,24,27)/t14-/m0/s1. The number of sulfonamides is 1. The molecule has 0 radical (unpaired) electrons. The summed E-state index contributed by atoms with van der Waals surface area (Å²) in [7, 11) is -3.90. The van der Waals surface area contributed by atoms with E-state index in [0.29, 0.717) is 24.1 Å². The number of nitrogens with one attached hydrogen (secondary N) is 2. The SMILES string of the molecule is Cc1cc2c(cc1S(=O)(=O)N1CCC[C@H](C(=O)Nc3ccccc3F)C1)OCC(=O)N2. The van der Waals surface area contributed by atoms with Crippen molar-refractivity contribution in [1.29, 1.82) is 0 Å². The van der Waals surface area contributed by atoms with Gasteiger partial charge in [-0.05, 0) is 43.5 Å². The number of fused-ring (bicyclic) bond motifs is 1. The topological polar surface area (TPSA) is 105 Å². The van der Waals surface area contributed by atoms with E-state index in [1.54, 1.807) is 19.1 Å². The molecule has 31 heavy (non-hydrogen) atoms. The molecule has 2 heterocycles. The number of rotatable bonds is 4. The van der Waals surface area contributed by atoms with Gasteiger partial charge in [-0.3, -0.25) is 9.59 Å². The molecule has 4 rings (SSSR count). The van der Waals surface area contributed by atoms with Crippen molar-refractivity contribution in [1.82, 2.24) is 4.31 Å². The lowest BCUT2D eigenvalue weighted by Crippen LogP contribution is -2.44. The lowest BCUT2D eigenvalue weighted by molar-refractivity contribution is -0.121. The van der Waals surface area contributed by atoms with Crippen LogP contribution in [-0.2, 0) is 19.6 Å². The third-order valence-corrected chi connectivity index (χ3v) is 7.42. The van der Waals surface area contributed by atoms with E-state index in [1.165, 1.54) is 28.6 Å². The van der Waals surface area contributed by atoms with Gasteiger partial charge < -0.3 is 15.4 Å². The highest BCUT2D eigenvalue weighted by atomic mass is 32.2. The first-order valence-corrected chi connectivity index (χ1v) is 11.3. The maximum Gasteiger partial charge on any atom is 0.262 e. The van der Waals surface area contributed by atoms with Gasteiger partial charge in [-0.1, -0.05) is 12.1 Å². The summed E-state index contributed by atoms with van der Waals surface area (Å²) >= 11 is 0. The minimum absolute atomic E-state index is 0.00324. The highest BCUT2D eigenvalue weighted by molar-refractivity contribution is 7.89. The number of piperidine rings is 1. The van der Waals surface area contributed by atoms with E-state index in [1.807, 2.05) is 0 Å². The lowest BCUT2D eigenvalue weighted by Gasteiger charge is -2.32. The minimum atomic E-state index is -3.90. The molecule has 2 aliphatic heterocycles. The van der Waals surface area contributed by atoms with Crippen LogP contribution in [0.4, 0.5) is 15.8 Å². The zero-order valence-electron chi connectivity index (χ0n) is 16.9. The summed E-state index contributed by atoms with van der Waals surface area (Å²) in [5.74, 6) is -1.58. The Bertz CT molecular complexity index is 1150. The van der Waals surface area contributed by atoms with Crippen molar-refractivity contribution in [2.75, 3.05) is 30.3 Å². The van der Waals surface area contributed by atoms with E-state index in [0.717, 1.165) is 0 Å². The Morgan fingerprint density at radius 3 is 2.84 bits per heavy atom. The number of halogens is 1. The first-order valence-electron chi connectivity index (χ1n) is 9.88. The molecule has 1 saturated heterocycles. The average Bonchev–Trinajstić information content (AvgIpc) is 2.74. The van der Waals surface area contributed by atoms with E-state index < -0.39 is 27.7 Å². The molecule has 0 bridgehead atoms. The number of nitrogens with zero attached hydrogens (tertiary/aromatic N) is 1. The van der Waals surface area contributed by atoms with Gasteiger partial charge in [0.1, 0.15) is 11.6 Å². The molecule has 1 atom stereocenters. The Balaban J connectivity index is 1.54. The molecule has 2 aromatic rings. The number of para-hydroxylation sites is 1. The van der Waals surface area contributed by atoms with Crippen molar-refractivity contribution in [3.05, 3.63) is 47.8 Å². The minimum Gasteiger partial charge on any atom is -0.482 e.